The van der Waals surface area contributed by atoms with E-state index in [2.05, 4.69) is 46.8 Å². The highest BCUT2D eigenvalue weighted by Gasteiger charge is 2.38. The van der Waals surface area contributed by atoms with E-state index in [4.69, 9.17) is 0 Å². The second-order valence-electron chi connectivity index (χ2n) is 8.26. The van der Waals surface area contributed by atoms with Gasteiger partial charge in [0, 0.05) is 25.3 Å². The molecule has 1 aliphatic rings. The van der Waals surface area contributed by atoms with Crippen LogP contribution >= 0.6 is 0 Å². The van der Waals surface area contributed by atoms with Gasteiger partial charge in [0.1, 0.15) is 7.85 Å². The van der Waals surface area contributed by atoms with Gasteiger partial charge >= 0.3 is 6.03 Å². The lowest BCUT2D eigenvalue weighted by molar-refractivity contribution is 0.219. The highest BCUT2D eigenvalue weighted by molar-refractivity contribution is 6.72. The SMILES string of the molecule is Bc1ccc(N2CCN(CCCC(C)(C)[Si](C)(C)O)C2=O)c(C)c1. The number of benzene rings is 1. The van der Waals surface area contributed by atoms with Gasteiger partial charge in [0.2, 0.25) is 0 Å². The molecule has 24 heavy (non-hydrogen) atoms. The Morgan fingerprint density at radius 3 is 2.54 bits per heavy atom. The molecule has 0 aliphatic carbocycles. The van der Waals surface area contributed by atoms with Crippen LogP contribution in [0.3, 0.4) is 0 Å². The van der Waals surface area contributed by atoms with Crippen LogP contribution in [0.15, 0.2) is 18.2 Å². The van der Waals surface area contributed by atoms with Crippen LogP contribution in [0, 0.1) is 6.92 Å². The van der Waals surface area contributed by atoms with Crippen LogP contribution in [0.4, 0.5) is 10.5 Å². The molecule has 6 heteroatoms. The summed E-state index contributed by atoms with van der Waals surface area (Å²) in [7, 11) is -0.0995. The molecule has 2 amide bonds. The summed E-state index contributed by atoms with van der Waals surface area (Å²) >= 11 is 0. The highest BCUT2D eigenvalue weighted by atomic mass is 28.4. The zero-order valence-corrected chi connectivity index (χ0v) is 17.0. The Labute approximate surface area is 148 Å². The van der Waals surface area contributed by atoms with Crippen LogP contribution in [-0.2, 0) is 0 Å². The zero-order valence-electron chi connectivity index (χ0n) is 16.0. The minimum Gasteiger partial charge on any atom is -0.432 e. The molecule has 2 rings (SSSR count). The highest BCUT2D eigenvalue weighted by Crippen LogP contribution is 2.39. The molecule has 1 fully saturated rings. The van der Waals surface area contributed by atoms with Gasteiger partial charge in [0.15, 0.2) is 8.32 Å². The Hall–Kier alpha value is -1.27. The molecule has 0 atom stereocenters. The quantitative estimate of drug-likeness (QED) is 0.803. The van der Waals surface area contributed by atoms with E-state index >= 15 is 0 Å². The largest absolute Gasteiger partial charge is 0.432 e. The molecule has 0 radical (unpaired) electrons. The number of rotatable bonds is 6. The van der Waals surface area contributed by atoms with E-state index in [9.17, 15) is 9.59 Å². The molecule has 0 spiro atoms. The fourth-order valence-electron chi connectivity index (χ4n) is 3.14. The molecule has 1 aromatic rings. The predicted octanol–water partition coefficient (Wildman–Crippen LogP) is 2.25. The summed E-state index contributed by atoms with van der Waals surface area (Å²) in [6.07, 6.45) is 1.90. The lowest BCUT2D eigenvalue weighted by Gasteiger charge is -2.35. The van der Waals surface area contributed by atoms with Crippen molar-refractivity contribution in [3.8, 4) is 0 Å². The van der Waals surface area contributed by atoms with Gasteiger partial charge in [-0.05, 0) is 49.5 Å². The number of hydrogen-bond donors (Lipinski definition) is 1. The standard InChI is InChI=1S/C18H31BN2O2Si/c1-14-13-15(19)7-8-16(14)21-12-11-20(17(21)22)10-6-9-18(2,3)24(4,5)23/h7-8,13,23H,6,9-12,19H2,1-5H3. The zero-order chi connectivity index (χ0) is 18.1. The van der Waals surface area contributed by atoms with Crippen LogP contribution in [-0.4, -0.2) is 51.5 Å². The van der Waals surface area contributed by atoms with Crippen LogP contribution in [0.2, 0.25) is 18.1 Å². The first kappa shape index (κ1) is 19.1. The summed E-state index contributed by atoms with van der Waals surface area (Å²) in [5.41, 5.74) is 3.40. The first-order valence-corrected chi connectivity index (χ1v) is 11.8. The third kappa shape index (κ3) is 4.03. The average Bonchev–Trinajstić information content (AvgIpc) is 2.79. The smallest absolute Gasteiger partial charge is 0.324 e. The van der Waals surface area contributed by atoms with Crippen molar-refractivity contribution < 1.29 is 9.59 Å². The minimum absolute atomic E-state index is 0.0248. The average molecular weight is 346 g/mol. The first-order chi connectivity index (χ1) is 11.0. The Morgan fingerprint density at radius 2 is 1.96 bits per heavy atom. The van der Waals surface area contributed by atoms with Crippen LogP contribution in [0.1, 0.15) is 32.3 Å². The summed E-state index contributed by atoms with van der Waals surface area (Å²) in [4.78, 5) is 26.9. The molecule has 1 heterocycles. The maximum absolute atomic E-state index is 12.7. The van der Waals surface area contributed by atoms with Gasteiger partial charge in [-0.2, -0.15) is 0 Å². The van der Waals surface area contributed by atoms with Crippen molar-refractivity contribution in [3.05, 3.63) is 23.8 Å². The molecule has 1 saturated heterocycles. The number of nitrogens with zero attached hydrogens (tertiary/aromatic N) is 2. The van der Waals surface area contributed by atoms with E-state index in [1.54, 1.807) is 0 Å². The Bertz CT molecular complexity index is 614. The second kappa shape index (κ2) is 6.92. The van der Waals surface area contributed by atoms with E-state index in [1.165, 1.54) is 5.46 Å². The number of amides is 2. The fourth-order valence-corrected chi connectivity index (χ4v) is 3.93. The summed E-state index contributed by atoms with van der Waals surface area (Å²) in [5.74, 6) is 0. The second-order valence-corrected chi connectivity index (χ2v) is 12.7. The topological polar surface area (TPSA) is 43.8 Å². The van der Waals surface area contributed by atoms with Crippen molar-refractivity contribution in [3.63, 3.8) is 0 Å². The molecule has 1 aliphatic heterocycles. The predicted molar refractivity (Wildman–Crippen MR) is 107 cm³/mol. The van der Waals surface area contributed by atoms with E-state index < -0.39 is 8.32 Å². The van der Waals surface area contributed by atoms with Gasteiger partial charge in [0.25, 0.3) is 0 Å². The molecule has 4 nitrogen and oxygen atoms in total. The molecule has 132 valence electrons. The fraction of sp³-hybridized carbons (Fsp3) is 0.611. The van der Waals surface area contributed by atoms with Crippen LogP contribution in [0.25, 0.3) is 0 Å². The molecule has 1 aromatic carbocycles. The summed E-state index contributed by atoms with van der Waals surface area (Å²) in [6, 6.07) is 6.35. The number of carbonyl (C=O) groups is 1. The molecule has 0 unspecified atom stereocenters. The maximum Gasteiger partial charge on any atom is 0.324 e. The van der Waals surface area contributed by atoms with Crippen LogP contribution < -0.4 is 10.4 Å². The normalized spacial score (nSPS) is 16.2. The number of hydrogen-bond acceptors (Lipinski definition) is 2. The van der Waals surface area contributed by atoms with Crippen molar-refractivity contribution in [2.75, 3.05) is 24.5 Å². The Balaban J connectivity index is 1.95. The Morgan fingerprint density at radius 1 is 1.29 bits per heavy atom. The third-order valence-electron chi connectivity index (χ3n) is 5.62. The monoisotopic (exact) mass is 346 g/mol. The number of anilines is 1. The van der Waals surface area contributed by atoms with E-state index in [0.29, 0.717) is 0 Å². The molecule has 0 saturated carbocycles. The lowest BCUT2D eigenvalue weighted by atomic mass is 9.94. The molecule has 1 N–H and O–H groups in total. The molecular weight excluding hydrogens is 315 g/mol. The third-order valence-corrected chi connectivity index (χ3v) is 9.19. The van der Waals surface area contributed by atoms with E-state index in [1.807, 2.05) is 22.9 Å². The molecule has 0 bridgehead atoms. The Kier molecular flexibility index (Phi) is 5.50. The lowest BCUT2D eigenvalue weighted by Crippen LogP contribution is -2.39. The van der Waals surface area contributed by atoms with Crippen molar-refractivity contribution in [1.82, 2.24) is 4.90 Å². The van der Waals surface area contributed by atoms with Crippen molar-refractivity contribution in [2.45, 2.75) is 51.7 Å². The van der Waals surface area contributed by atoms with E-state index in [0.717, 1.165) is 43.7 Å². The maximum atomic E-state index is 12.7. The minimum atomic E-state index is -2.17. The van der Waals surface area contributed by atoms with Gasteiger partial charge in [-0.25, -0.2) is 4.79 Å². The van der Waals surface area contributed by atoms with E-state index in [-0.39, 0.29) is 11.1 Å². The van der Waals surface area contributed by atoms with Crippen molar-refractivity contribution in [2.24, 2.45) is 0 Å². The molecule has 0 aromatic heterocycles. The summed E-state index contributed by atoms with van der Waals surface area (Å²) < 4.78 is 0. The number of aryl methyl sites for hydroxylation is 1. The van der Waals surface area contributed by atoms with Crippen LogP contribution in [0.5, 0.6) is 0 Å². The first-order valence-electron chi connectivity index (χ1n) is 8.89. The van der Waals surface area contributed by atoms with Crippen molar-refractivity contribution in [1.29, 1.82) is 0 Å². The van der Waals surface area contributed by atoms with Gasteiger partial charge < -0.3 is 9.70 Å². The number of carbonyl (C=O) groups excluding carboxylic acids is 1. The molecular formula is C18H31BN2O2Si. The van der Waals surface area contributed by atoms with Gasteiger partial charge in [-0.3, -0.25) is 4.90 Å². The van der Waals surface area contributed by atoms with Gasteiger partial charge in [-0.1, -0.05) is 31.4 Å². The van der Waals surface area contributed by atoms with Gasteiger partial charge in [0.05, 0.1) is 0 Å². The van der Waals surface area contributed by atoms with Gasteiger partial charge in [-0.15, -0.1) is 0 Å². The summed E-state index contributed by atoms with van der Waals surface area (Å²) in [5, 5.41) is -0.0248. The number of urea groups is 1. The summed E-state index contributed by atoms with van der Waals surface area (Å²) in [6.45, 7) is 12.7. The van der Waals surface area contributed by atoms with Crippen molar-refractivity contribution >= 4 is 33.3 Å².